The fraction of sp³-hybridized carbons (Fsp3) is 0.647. The minimum absolute atomic E-state index is 0.190. The predicted molar refractivity (Wildman–Crippen MR) is 89.6 cm³/mol. The minimum Gasteiger partial charge on any atom is -0.312 e. The molecule has 1 N–H and O–H groups in total. The first-order valence-corrected chi connectivity index (χ1v) is 9.20. The third-order valence-corrected chi connectivity index (χ3v) is 5.44. The molecular formula is C17H29NOS. The highest BCUT2D eigenvalue weighted by Gasteiger charge is 2.14. The topological polar surface area (TPSA) is 29.1 Å². The molecule has 0 aliphatic carbocycles. The quantitative estimate of drug-likeness (QED) is 0.753. The van der Waals surface area contributed by atoms with Gasteiger partial charge in [-0.3, -0.25) is 4.21 Å². The van der Waals surface area contributed by atoms with E-state index in [1.807, 2.05) is 7.05 Å². The average Bonchev–Trinajstić information content (AvgIpc) is 2.46. The van der Waals surface area contributed by atoms with Gasteiger partial charge in [0.2, 0.25) is 0 Å². The van der Waals surface area contributed by atoms with E-state index in [-0.39, 0.29) is 6.04 Å². The summed E-state index contributed by atoms with van der Waals surface area (Å²) in [5, 5.41) is 3.30. The van der Waals surface area contributed by atoms with E-state index in [9.17, 15) is 4.21 Å². The number of benzene rings is 1. The summed E-state index contributed by atoms with van der Waals surface area (Å²) >= 11 is 0. The van der Waals surface area contributed by atoms with Crippen molar-refractivity contribution >= 4 is 10.8 Å². The van der Waals surface area contributed by atoms with Gasteiger partial charge < -0.3 is 5.32 Å². The van der Waals surface area contributed by atoms with E-state index in [0.29, 0.717) is 11.7 Å². The normalized spacial score (nSPS) is 15.8. The highest BCUT2D eigenvalue weighted by atomic mass is 32.2. The lowest BCUT2D eigenvalue weighted by Gasteiger charge is -2.18. The second-order valence-corrected chi connectivity index (χ2v) is 7.17. The Hall–Kier alpha value is -0.670. The van der Waals surface area contributed by atoms with Crippen LogP contribution in [-0.4, -0.2) is 22.8 Å². The van der Waals surface area contributed by atoms with Crippen molar-refractivity contribution in [1.29, 1.82) is 0 Å². The standard InChI is InChI=1S/C17H29NOS/c1-5-7-15-8-10-16(11-9-15)17(18-4)13-20(19)12-14(3)6-2/h8-11,14,17-18H,5-7,12-13H2,1-4H3. The zero-order valence-electron chi connectivity index (χ0n) is 13.3. The van der Waals surface area contributed by atoms with Gasteiger partial charge in [0.1, 0.15) is 0 Å². The Morgan fingerprint density at radius 1 is 1.15 bits per heavy atom. The predicted octanol–water partition coefficient (Wildman–Crippen LogP) is 3.69. The Bertz CT molecular complexity index is 402. The van der Waals surface area contributed by atoms with E-state index in [1.54, 1.807) is 0 Å². The first-order chi connectivity index (χ1) is 9.60. The monoisotopic (exact) mass is 295 g/mol. The van der Waals surface area contributed by atoms with E-state index in [4.69, 9.17) is 0 Å². The van der Waals surface area contributed by atoms with Crippen molar-refractivity contribution in [2.24, 2.45) is 5.92 Å². The lowest BCUT2D eigenvalue weighted by Crippen LogP contribution is -2.24. The largest absolute Gasteiger partial charge is 0.312 e. The number of hydrogen-bond donors (Lipinski definition) is 1. The van der Waals surface area contributed by atoms with Gasteiger partial charge in [-0.05, 0) is 30.5 Å². The summed E-state index contributed by atoms with van der Waals surface area (Å²) in [6, 6.07) is 8.93. The van der Waals surface area contributed by atoms with Gasteiger partial charge in [-0.1, -0.05) is 57.9 Å². The van der Waals surface area contributed by atoms with Crippen molar-refractivity contribution in [3.63, 3.8) is 0 Å². The number of rotatable bonds is 9. The van der Waals surface area contributed by atoms with Gasteiger partial charge in [-0.15, -0.1) is 0 Å². The third kappa shape index (κ3) is 5.76. The fourth-order valence-electron chi connectivity index (χ4n) is 2.24. The molecule has 0 aliphatic rings. The van der Waals surface area contributed by atoms with Crippen molar-refractivity contribution in [1.82, 2.24) is 5.32 Å². The van der Waals surface area contributed by atoms with E-state index in [0.717, 1.165) is 18.6 Å². The molecular weight excluding hydrogens is 266 g/mol. The van der Waals surface area contributed by atoms with Crippen LogP contribution in [0.3, 0.4) is 0 Å². The number of aryl methyl sites for hydroxylation is 1. The van der Waals surface area contributed by atoms with E-state index in [1.165, 1.54) is 17.5 Å². The Kier molecular flexibility index (Phi) is 8.08. The van der Waals surface area contributed by atoms with Crippen LogP contribution in [0.2, 0.25) is 0 Å². The zero-order valence-corrected chi connectivity index (χ0v) is 14.1. The zero-order chi connectivity index (χ0) is 15.0. The maximum atomic E-state index is 12.2. The van der Waals surface area contributed by atoms with Crippen LogP contribution in [-0.2, 0) is 17.2 Å². The van der Waals surface area contributed by atoms with Crippen LogP contribution in [0.5, 0.6) is 0 Å². The molecule has 0 heterocycles. The Labute approximate surface area is 126 Å². The summed E-state index contributed by atoms with van der Waals surface area (Å²) in [6.45, 7) is 6.53. The second-order valence-electron chi connectivity index (χ2n) is 5.62. The first-order valence-electron chi connectivity index (χ1n) is 7.71. The molecule has 1 aromatic rings. The molecule has 2 nitrogen and oxygen atoms in total. The lowest BCUT2D eigenvalue weighted by molar-refractivity contribution is 0.602. The molecule has 3 atom stereocenters. The molecule has 0 saturated heterocycles. The summed E-state index contributed by atoms with van der Waals surface area (Å²) in [4.78, 5) is 0. The Balaban J connectivity index is 2.63. The summed E-state index contributed by atoms with van der Waals surface area (Å²) in [7, 11) is 1.20. The SMILES string of the molecule is CCCc1ccc(C(CS(=O)CC(C)CC)NC)cc1. The van der Waals surface area contributed by atoms with Crippen LogP contribution < -0.4 is 5.32 Å². The van der Waals surface area contributed by atoms with Gasteiger partial charge >= 0.3 is 0 Å². The van der Waals surface area contributed by atoms with Crippen molar-refractivity contribution in [2.75, 3.05) is 18.6 Å². The second kappa shape index (κ2) is 9.30. The summed E-state index contributed by atoms with van der Waals surface area (Å²) in [5.41, 5.74) is 2.62. The van der Waals surface area contributed by atoms with Crippen molar-refractivity contribution in [2.45, 2.75) is 46.1 Å². The molecule has 0 saturated carbocycles. The van der Waals surface area contributed by atoms with Crippen LogP contribution in [0.1, 0.15) is 50.8 Å². The van der Waals surface area contributed by atoms with Gasteiger partial charge in [-0.2, -0.15) is 0 Å². The molecule has 1 rings (SSSR count). The highest BCUT2D eigenvalue weighted by molar-refractivity contribution is 7.85. The molecule has 0 fully saturated rings. The molecule has 114 valence electrons. The number of hydrogen-bond acceptors (Lipinski definition) is 2. The molecule has 1 aromatic carbocycles. The van der Waals surface area contributed by atoms with Crippen molar-refractivity contribution in [3.8, 4) is 0 Å². The Morgan fingerprint density at radius 3 is 2.30 bits per heavy atom. The van der Waals surface area contributed by atoms with Crippen LogP contribution in [0.15, 0.2) is 24.3 Å². The fourth-order valence-corrected chi connectivity index (χ4v) is 3.98. The molecule has 0 amide bonds. The first kappa shape index (κ1) is 17.4. The van der Waals surface area contributed by atoms with Crippen LogP contribution in [0, 0.1) is 5.92 Å². The van der Waals surface area contributed by atoms with Crippen molar-refractivity contribution in [3.05, 3.63) is 35.4 Å². The molecule has 0 aromatic heterocycles. The van der Waals surface area contributed by atoms with Crippen LogP contribution in [0.25, 0.3) is 0 Å². The van der Waals surface area contributed by atoms with Gasteiger partial charge in [0.05, 0.1) is 0 Å². The maximum Gasteiger partial charge on any atom is 0.0434 e. The molecule has 20 heavy (non-hydrogen) atoms. The molecule has 0 spiro atoms. The van der Waals surface area contributed by atoms with Crippen LogP contribution >= 0.6 is 0 Å². The minimum atomic E-state index is -0.752. The van der Waals surface area contributed by atoms with E-state index >= 15 is 0 Å². The van der Waals surface area contributed by atoms with E-state index < -0.39 is 10.8 Å². The summed E-state index contributed by atoms with van der Waals surface area (Å²) in [6.07, 6.45) is 3.40. The van der Waals surface area contributed by atoms with Crippen molar-refractivity contribution < 1.29 is 4.21 Å². The molecule has 0 radical (unpaired) electrons. The van der Waals surface area contributed by atoms with Gasteiger partial charge in [0.15, 0.2) is 0 Å². The smallest absolute Gasteiger partial charge is 0.0434 e. The maximum absolute atomic E-state index is 12.2. The summed E-state index contributed by atoms with van der Waals surface area (Å²) in [5.74, 6) is 2.05. The van der Waals surface area contributed by atoms with E-state index in [2.05, 4.69) is 50.4 Å². The number of nitrogens with one attached hydrogen (secondary N) is 1. The molecule has 3 heteroatoms. The highest BCUT2D eigenvalue weighted by Crippen LogP contribution is 2.17. The summed E-state index contributed by atoms with van der Waals surface area (Å²) < 4.78 is 12.2. The Morgan fingerprint density at radius 2 is 1.80 bits per heavy atom. The molecule has 0 bridgehead atoms. The lowest BCUT2D eigenvalue weighted by atomic mass is 10.0. The molecule has 0 aliphatic heterocycles. The van der Waals surface area contributed by atoms with Gasteiger partial charge in [-0.25, -0.2) is 0 Å². The van der Waals surface area contributed by atoms with Gasteiger partial charge in [0, 0.05) is 28.3 Å². The average molecular weight is 295 g/mol. The van der Waals surface area contributed by atoms with Gasteiger partial charge in [0.25, 0.3) is 0 Å². The molecule has 3 unspecified atom stereocenters. The van der Waals surface area contributed by atoms with Crippen LogP contribution in [0.4, 0.5) is 0 Å². The third-order valence-electron chi connectivity index (χ3n) is 3.79.